The fourth-order valence-corrected chi connectivity index (χ4v) is 3.37. The summed E-state index contributed by atoms with van der Waals surface area (Å²) < 4.78 is 10.7. The van der Waals surface area contributed by atoms with E-state index < -0.39 is 0 Å². The van der Waals surface area contributed by atoms with Gasteiger partial charge in [0, 0.05) is 0 Å². The molecule has 110 valence electrons. The lowest BCUT2D eigenvalue weighted by Gasteiger charge is -2.43. The maximum atomic E-state index is 11.2. The quantitative estimate of drug-likeness (QED) is 0.778. The maximum Gasteiger partial charge on any atom is 0.308 e. The Bertz CT molecular complexity index is 277. The Morgan fingerprint density at radius 1 is 1.21 bits per heavy atom. The fraction of sp³-hybridized carbons (Fsp3) is 0.933. The molecular weight excluding hydrogens is 242 g/mol. The number of piperidine rings is 1. The van der Waals surface area contributed by atoms with Gasteiger partial charge in [-0.15, -0.1) is 0 Å². The van der Waals surface area contributed by atoms with E-state index in [-0.39, 0.29) is 5.97 Å². The Morgan fingerprint density at radius 3 is 2.53 bits per heavy atom. The molecule has 0 aromatic heterocycles. The van der Waals surface area contributed by atoms with Crippen LogP contribution in [0.25, 0.3) is 0 Å². The predicted octanol–water partition coefficient (Wildman–Crippen LogP) is 2.27. The average Bonchev–Trinajstić information content (AvgIpc) is 2.43. The second-order valence-electron chi connectivity index (χ2n) is 5.88. The SMILES string of the molecule is CCOC(=O)CCOC1CCC2(CCNCC2)CC1. The Morgan fingerprint density at radius 2 is 1.89 bits per heavy atom. The minimum atomic E-state index is -0.145. The second kappa shape index (κ2) is 7.25. The van der Waals surface area contributed by atoms with E-state index in [1.165, 1.54) is 38.8 Å². The van der Waals surface area contributed by atoms with E-state index in [9.17, 15) is 4.79 Å². The van der Waals surface area contributed by atoms with Gasteiger partial charge in [-0.1, -0.05) is 0 Å². The van der Waals surface area contributed by atoms with Gasteiger partial charge in [-0.3, -0.25) is 4.79 Å². The number of esters is 1. The number of hydrogen-bond acceptors (Lipinski definition) is 4. The molecular formula is C15H27NO3. The topological polar surface area (TPSA) is 47.6 Å². The van der Waals surface area contributed by atoms with Crippen LogP contribution in [0, 0.1) is 5.41 Å². The van der Waals surface area contributed by atoms with E-state index in [1.54, 1.807) is 0 Å². The molecule has 19 heavy (non-hydrogen) atoms. The molecule has 2 rings (SSSR count). The zero-order chi connectivity index (χ0) is 13.6. The first-order chi connectivity index (χ1) is 9.24. The van der Waals surface area contributed by atoms with Gasteiger partial charge in [0.05, 0.1) is 25.7 Å². The van der Waals surface area contributed by atoms with Crippen molar-refractivity contribution in [3.63, 3.8) is 0 Å². The Balaban J connectivity index is 1.62. The summed E-state index contributed by atoms with van der Waals surface area (Å²) in [5.74, 6) is -0.145. The van der Waals surface area contributed by atoms with Crippen molar-refractivity contribution in [2.45, 2.75) is 58.0 Å². The fourth-order valence-electron chi connectivity index (χ4n) is 3.37. The first-order valence-electron chi connectivity index (χ1n) is 7.72. The van der Waals surface area contributed by atoms with Gasteiger partial charge in [-0.05, 0) is 64.0 Å². The smallest absolute Gasteiger partial charge is 0.308 e. The molecule has 0 unspecified atom stereocenters. The summed E-state index contributed by atoms with van der Waals surface area (Å²) >= 11 is 0. The lowest BCUT2D eigenvalue weighted by molar-refractivity contribution is -0.145. The van der Waals surface area contributed by atoms with Crippen molar-refractivity contribution in [2.75, 3.05) is 26.3 Å². The van der Waals surface area contributed by atoms with Gasteiger partial charge in [-0.2, -0.15) is 0 Å². The van der Waals surface area contributed by atoms with E-state index in [4.69, 9.17) is 9.47 Å². The van der Waals surface area contributed by atoms with Gasteiger partial charge in [0.25, 0.3) is 0 Å². The number of ether oxygens (including phenoxy) is 2. The van der Waals surface area contributed by atoms with Crippen LogP contribution in [0.5, 0.6) is 0 Å². The van der Waals surface area contributed by atoms with Crippen LogP contribution in [0.2, 0.25) is 0 Å². The van der Waals surface area contributed by atoms with E-state index in [0.717, 1.165) is 12.8 Å². The van der Waals surface area contributed by atoms with Gasteiger partial charge in [0.1, 0.15) is 0 Å². The molecule has 2 fully saturated rings. The van der Waals surface area contributed by atoms with Crippen LogP contribution in [0.3, 0.4) is 0 Å². The summed E-state index contributed by atoms with van der Waals surface area (Å²) in [6.07, 6.45) is 8.28. The highest BCUT2D eigenvalue weighted by Crippen LogP contribution is 2.43. The molecule has 0 bridgehead atoms. The highest BCUT2D eigenvalue weighted by Gasteiger charge is 2.36. The van der Waals surface area contributed by atoms with Crippen molar-refractivity contribution < 1.29 is 14.3 Å². The summed E-state index contributed by atoms with van der Waals surface area (Å²) in [6.45, 7) is 5.15. The number of carbonyl (C=O) groups is 1. The van der Waals surface area contributed by atoms with Gasteiger partial charge >= 0.3 is 5.97 Å². The molecule has 4 heteroatoms. The van der Waals surface area contributed by atoms with Crippen LogP contribution >= 0.6 is 0 Å². The van der Waals surface area contributed by atoms with Crippen molar-refractivity contribution in [3.8, 4) is 0 Å². The third-order valence-corrected chi connectivity index (χ3v) is 4.62. The third kappa shape index (κ3) is 4.46. The molecule has 0 amide bonds. The van der Waals surface area contributed by atoms with Crippen LogP contribution in [-0.4, -0.2) is 38.4 Å². The van der Waals surface area contributed by atoms with Crippen molar-refractivity contribution in [3.05, 3.63) is 0 Å². The highest BCUT2D eigenvalue weighted by molar-refractivity contribution is 5.69. The van der Waals surface area contributed by atoms with Crippen LogP contribution in [-0.2, 0) is 14.3 Å². The molecule has 1 aliphatic heterocycles. The van der Waals surface area contributed by atoms with Crippen LogP contribution in [0.1, 0.15) is 51.9 Å². The van der Waals surface area contributed by atoms with Crippen molar-refractivity contribution in [2.24, 2.45) is 5.41 Å². The van der Waals surface area contributed by atoms with Gasteiger partial charge in [0.15, 0.2) is 0 Å². The first-order valence-corrected chi connectivity index (χ1v) is 7.72. The van der Waals surface area contributed by atoms with Crippen LogP contribution in [0.4, 0.5) is 0 Å². The maximum absolute atomic E-state index is 11.2. The molecule has 2 aliphatic rings. The number of nitrogens with one attached hydrogen (secondary N) is 1. The molecule has 1 saturated carbocycles. The number of carbonyl (C=O) groups excluding carboxylic acids is 1. The minimum Gasteiger partial charge on any atom is -0.466 e. The van der Waals surface area contributed by atoms with Gasteiger partial charge < -0.3 is 14.8 Å². The van der Waals surface area contributed by atoms with Crippen LogP contribution < -0.4 is 5.32 Å². The van der Waals surface area contributed by atoms with E-state index in [0.29, 0.717) is 31.2 Å². The molecule has 0 aromatic rings. The van der Waals surface area contributed by atoms with Crippen molar-refractivity contribution in [1.82, 2.24) is 5.32 Å². The zero-order valence-electron chi connectivity index (χ0n) is 12.1. The lowest BCUT2D eigenvalue weighted by Crippen LogP contribution is -2.40. The van der Waals surface area contributed by atoms with E-state index in [2.05, 4.69) is 5.32 Å². The highest BCUT2D eigenvalue weighted by atomic mass is 16.5. The molecule has 4 nitrogen and oxygen atoms in total. The summed E-state index contributed by atoms with van der Waals surface area (Å²) in [6, 6.07) is 0. The molecule has 1 saturated heterocycles. The Kier molecular flexibility index (Phi) is 5.64. The molecule has 0 radical (unpaired) electrons. The zero-order valence-corrected chi connectivity index (χ0v) is 12.1. The van der Waals surface area contributed by atoms with Crippen molar-refractivity contribution >= 4 is 5.97 Å². The molecule has 0 atom stereocenters. The third-order valence-electron chi connectivity index (χ3n) is 4.62. The molecule has 1 aliphatic carbocycles. The second-order valence-corrected chi connectivity index (χ2v) is 5.88. The Hall–Kier alpha value is -0.610. The number of hydrogen-bond donors (Lipinski definition) is 1. The normalized spacial score (nSPS) is 23.4. The predicted molar refractivity (Wildman–Crippen MR) is 74.0 cm³/mol. The molecule has 0 aromatic carbocycles. The number of rotatable bonds is 5. The molecule has 1 spiro atoms. The van der Waals surface area contributed by atoms with E-state index in [1.807, 2.05) is 6.92 Å². The standard InChI is InChI=1S/C15H27NO3/c1-2-18-14(17)5-12-19-13-3-6-15(7-4-13)8-10-16-11-9-15/h13,16H,2-12H2,1H3. The summed E-state index contributed by atoms with van der Waals surface area (Å²) in [4.78, 5) is 11.2. The summed E-state index contributed by atoms with van der Waals surface area (Å²) in [5.41, 5.74) is 0.590. The van der Waals surface area contributed by atoms with E-state index >= 15 is 0 Å². The monoisotopic (exact) mass is 269 g/mol. The van der Waals surface area contributed by atoms with Gasteiger partial charge in [-0.25, -0.2) is 0 Å². The lowest BCUT2D eigenvalue weighted by atomic mass is 9.68. The van der Waals surface area contributed by atoms with Gasteiger partial charge in [0.2, 0.25) is 0 Å². The molecule has 1 N–H and O–H groups in total. The summed E-state index contributed by atoms with van der Waals surface area (Å²) in [7, 11) is 0. The first kappa shape index (κ1) is 14.8. The largest absolute Gasteiger partial charge is 0.466 e. The Labute approximate surface area is 116 Å². The minimum absolute atomic E-state index is 0.145. The van der Waals surface area contributed by atoms with Crippen molar-refractivity contribution in [1.29, 1.82) is 0 Å². The summed E-state index contributed by atoms with van der Waals surface area (Å²) in [5, 5.41) is 3.44. The average molecular weight is 269 g/mol. The molecule has 1 heterocycles. The van der Waals surface area contributed by atoms with Crippen LogP contribution in [0.15, 0.2) is 0 Å².